The molecule has 11 aromatic rings. The lowest BCUT2D eigenvalue weighted by molar-refractivity contribution is 1.15. The third-order valence-electron chi connectivity index (χ3n) is 11.1. The van der Waals surface area contributed by atoms with Gasteiger partial charge in [0.05, 0.1) is 57.0 Å². The molecule has 0 aliphatic heterocycles. The van der Waals surface area contributed by atoms with Crippen molar-refractivity contribution in [1.29, 1.82) is 5.26 Å². The van der Waals surface area contributed by atoms with E-state index in [0.717, 1.165) is 72.1 Å². The summed E-state index contributed by atoms with van der Waals surface area (Å²) in [6.07, 6.45) is 0. The number of para-hydroxylation sites is 5. The lowest BCUT2D eigenvalue weighted by Gasteiger charge is -2.16. The molecule has 0 N–H and O–H groups in total. The second-order valence-corrected chi connectivity index (χ2v) is 14.0. The number of nitriles is 1. The Bertz CT molecular complexity index is 3360. The molecular formula is C50H29N5. The van der Waals surface area contributed by atoms with Gasteiger partial charge in [-0.25, -0.2) is 4.85 Å². The van der Waals surface area contributed by atoms with E-state index in [0.29, 0.717) is 11.3 Å². The Kier molecular flexibility index (Phi) is 6.61. The van der Waals surface area contributed by atoms with Crippen molar-refractivity contribution >= 4 is 71.1 Å². The molecule has 254 valence electrons. The zero-order chi connectivity index (χ0) is 36.6. The van der Waals surface area contributed by atoms with Crippen molar-refractivity contribution in [2.24, 2.45) is 0 Å². The fourth-order valence-corrected chi connectivity index (χ4v) is 8.75. The van der Waals surface area contributed by atoms with Crippen molar-refractivity contribution in [3.05, 3.63) is 193 Å². The van der Waals surface area contributed by atoms with Crippen LogP contribution in [0.5, 0.6) is 0 Å². The number of rotatable bonds is 4. The van der Waals surface area contributed by atoms with E-state index >= 15 is 0 Å². The first-order valence-corrected chi connectivity index (χ1v) is 18.3. The van der Waals surface area contributed by atoms with Gasteiger partial charge >= 0.3 is 0 Å². The molecule has 0 aliphatic carbocycles. The van der Waals surface area contributed by atoms with E-state index < -0.39 is 0 Å². The quantitative estimate of drug-likeness (QED) is 0.169. The second kappa shape index (κ2) is 11.8. The lowest BCUT2D eigenvalue weighted by atomic mass is 10.0. The van der Waals surface area contributed by atoms with Crippen LogP contribution in [-0.2, 0) is 0 Å². The summed E-state index contributed by atoms with van der Waals surface area (Å²) >= 11 is 0. The molecule has 0 fully saturated rings. The summed E-state index contributed by atoms with van der Waals surface area (Å²) in [5.74, 6) is 0. The van der Waals surface area contributed by atoms with Gasteiger partial charge < -0.3 is 13.7 Å². The zero-order valence-corrected chi connectivity index (χ0v) is 29.5. The number of aromatic nitrogens is 3. The molecule has 0 bridgehead atoms. The average molecular weight is 700 g/mol. The summed E-state index contributed by atoms with van der Waals surface area (Å²) in [4.78, 5) is 4.16. The second-order valence-electron chi connectivity index (χ2n) is 14.0. The maximum absolute atomic E-state index is 9.88. The van der Waals surface area contributed by atoms with Crippen LogP contribution in [0.1, 0.15) is 5.56 Å². The van der Waals surface area contributed by atoms with Crippen LogP contribution < -0.4 is 0 Å². The average Bonchev–Trinajstić information content (AvgIpc) is 3.88. The molecule has 0 spiro atoms. The zero-order valence-electron chi connectivity index (χ0n) is 29.5. The summed E-state index contributed by atoms with van der Waals surface area (Å²) in [6.45, 7) is 8.49. The number of hydrogen-bond donors (Lipinski definition) is 0. The first kappa shape index (κ1) is 30.7. The van der Waals surface area contributed by atoms with Crippen LogP contribution in [0, 0.1) is 17.9 Å². The molecule has 55 heavy (non-hydrogen) atoms. The molecule has 5 nitrogen and oxygen atoms in total. The highest BCUT2D eigenvalue weighted by Gasteiger charge is 2.20. The highest BCUT2D eigenvalue weighted by Crippen LogP contribution is 2.42. The van der Waals surface area contributed by atoms with Crippen LogP contribution in [-0.4, -0.2) is 13.7 Å². The van der Waals surface area contributed by atoms with Crippen molar-refractivity contribution in [3.8, 4) is 34.3 Å². The van der Waals surface area contributed by atoms with Gasteiger partial charge in [-0.15, -0.1) is 0 Å². The van der Waals surface area contributed by atoms with Gasteiger partial charge in [0, 0.05) is 43.7 Å². The third kappa shape index (κ3) is 4.45. The Morgan fingerprint density at radius 3 is 1.51 bits per heavy atom. The van der Waals surface area contributed by atoms with Gasteiger partial charge in [-0.2, -0.15) is 5.26 Å². The summed E-state index contributed by atoms with van der Waals surface area (Å²) in [5.41, 5.74) is 12.5. The van der Waals surface area contributed by atoms with Crippen molar-refractivity contribution in [2.45, 2.75) is 0 Å². The molecule has 5 heteroatoms. The number of fused-ring (bicyclic) bond motifs is 9. The van der Waals surface area contributed by atoms with Gasteiger partial charge in [0.25, 0.3) is 0 Å². The Hall–Kier alpha value is -7.86. The van der Waals surface area contributed by atoms with Gasteiger partial charge in [-0.1, -0.05) is 103 Å². The van der Waals surface area contributed by atoms with E-state index in [4.69, 9.17) is 6.57 Å². The molecule has 0 radical (unpaired) electrons. The van der Waals surface area contributed by atoms with Crippen LogP contribution in [0.4, 0.5) is 5.69 Å². The Labute approximate surface area is 316 Å². The van der Waals surface area contributed by atoms with Gasteiger partial charge in [0.15, 0.2) is 5.69 Å². The van der Waals surface area contributed by atoms with Crippen LogP contribution in [0.15, 0.2) is 176 Å². The van der Waals surface area contributed by atoms with Crippen LogP contribution in [0.25, 0.3) is 98.5 Å². The predicted molar refractivity (Wildman–Crippen MR) is 226 cm³/mol. The molecule has 3 aromatic heterocycles. The first-order chi connectivity index (χ1) is 27.2. The molecule has 0 unspecified atom stereocenters. The summed E-state index contributed by atoms with van der Waals surface area (Å²) in [7, 11) is 0. The molecule has 0 amide bonds. The number of benzene rings is 8. The van der Waals surface area contributed by atoms with Gasteiger partial charge in [0.1, 0.15) is 0 Å². The molecule has 3 heterocycles. The minimum absolute atomic E-state index is 0.563. The molecule has 0 atom stereocenters. The smallest absolute Gasteiger partial charge is 0.197 e. The Morgan fingerprint density at radius 1 is 0.400 bits per heavy atom. The standard InChI is InChI=1S/C50H29N5/c1-52-43-29-33(23-25-35(43)36-12-2-9-19-46(36)55-47-20-10-5-15-39(47)40-16-6-11-21-48(40)55)54-49-27-22-32(31-51)28-42(49)41-26-24-34(30-50(41)54)53-44-17-7-3-13-37(44)38-14-4-8-18-45(38)53/h2-30H. The predicted octanol–water partition coefficient (Wildman–Crippen LogP) is 13.1. The number of hydrogen-bond acceptors (Lipinski definition) is 1. The molecule has 0 aliphatic rings. The maximum atomic E-state index is 9.88. The Balaban J connectivity index is 1.14. The molecular weight excluding hydrogens is 671 g/mol. The maximum Gasteiger partial charge on any atom is 0.197 e. The fraction of sp³-hybridized carbons (Fsp3) is 0. The minimum Gasteiger partial charge on any atom is -0.310 e. The van der Waals surface area contributed by atoms with Gasteiger partial charge in [-0.05, 0) is 83.9 Å². The number of nitrogens with zero attached hydrogens (tertiary/aromatic N) is 5. The van der Waals surface area contributed by atoms with Gasteiger partial charge in [0.2, 0.25) is 0 Å². The fourth-order valence-electron chi connectivity index (χ4n) is 8.75. The highest BCUT2D eigenvalue weighted by molar-refractivity contribution is 6.13. The minimum atomic E-state index is 0.563. The molecule has 11 rings (SSSR count). The first-order valence-electron chi connectivity index (χ1n) is 18.3. The van der Waals surface area contributed by atoms with E-state index in [9.17, 15) is 5.26 Å². The summed E-state index contributed by atoms with van der Waals surface area (Å²) in [5, 5.41) is 16.7. The van der Waals surface area contributed by atoms with Crippen LogP contribution >= 0.6 is 0 Å². The van der Waals surface area contributed by atoms with Crippen LogP contribution in [0.2, 0.25) is 0 Å². The summed E-state index contributed by atoms with van der Waals surface area (Å²) in [6, 6.07) is 63.4. The van der Waals surface area contributed by atoms with Crippen molar-refractivity contribution < 1.29 is 0 Å². The van der Waals surface area contributed by atoms with E-state index in [2.05, 4.69) is 170 Å². The largest absolute Gasteiger partial charge is 0.310 e. The highest BCUT2D eigenvalue weighted by atomic mass is 15.0. The molecule has 0 saturated carbocycles. The van der Waals surface area contributed by atoms with E-state index in [1.807, 2.05) is 30.3 Å². The van der Waals surface area contributed by atoms with Gasteiger partial charge in [-0.3, -0.25) is 0 Å². The SMILES string of the molecule is [C-]#[N+]c1cc(-n2c3ccc(C#N)cc3c3ccc(-n4c5ccccc5c5ccccc54)cc32)ccc1-c1ccccc1-n1c2ccccc2c2ccccc21. The third-order valence-corrected chi connectivity index (χ3v) is 11.1. The van der Waals surface area contributed by atoms with E-state index in [1.54, 1.807) is 0 Å². The topological polar surface area (TPSA) is 42.9 Å². The molecule has 8 aromatic carbocycles. The van der Waals surface area contributed by atoms with Crippen LogP contribution in [0.3, 0.4) is 0 Å². The van der Waals surface area contributed by atoms with Crippen molar-refractivity contribution in [2.75, 3.05) is 0 Å². The normalized spacial score (nSPS) is 11.6. The van der Waals surface area contributed by atoms with Crippen molar-refractivity contribution in [1.82, 2.24) is 13.7 Å². The van der Waals surface area contributed by atoms with E-state index in [1.165, 1.54) is 21.5 Å². The Morgan fingerprint density at radius 2 is 0.891 bits per heavy atom. The van der Waals surface area contributed by atoms with E-state index in [-0.39, 0.29) is 0 Å². The summed E-state index contributed by atoms with van der Waals surface area (Å²) < 4.78 is 6.88. The van der Waals surface area contributed by atoms with Crippen molar-refractivity contribution in [3.63, 3.8) is 0 Å². The monoisotopic (exact) mass is 699 g/mol. The molecule has 0 saturated heterocycles. The lowest BCUT2D eigenvalue weighted by Crippen LogP contribution is -1.99.